The molecule has 8 aromatic carbocycles. The van der Waals surface area contributed by atoms with Crippen molar-refractivity contribution in [2.45, 2.75) is 0 Å². The zero-order chi connectivity index (χ0) is 25.9. The molecule has 0 N–H and O–H groups in total. The van der Waals surface area contributed by atoms with Crippen LogP contribution in [0.5, 0.6) is 0 Å². The third-order valence-corrected chi connectivity index (χ3v) is 9.34. The minimum Gasteiger partial charge on any atom is -0.0616 e. The Morgan fingerprint density at radius 2 is 0.600 bits per heavy atom. The second kappa shape index (κ2) is 7.25. The number of fused-ring (bicyclic) bond motifs is 8. The van der Waals surface area contributed by atoms with Gasteiger partial charge in [0.25, 0.3) is 0 Å². The smallest absolute Gasteiger partial charge is 0.00203 e. The Labute approximate surface area is 232 Å². The van der Waals surface area contributed by atoms with Gasteiger partial charge in [0, 0.05) is 0 Å². The summed E-state index contributed by atoms with van der Waals surface area (Å²) in [4.78, 5) is 0. The fourth-order valence-electron chi connectivity index (χ4n) is 7.42. The van der Waals surface area contributed by atoms with E-state index in [-0.39, 0.29) is 0 Å². The van der Waals surface area contributed by atoms with Crippen LogP contribution in [0.1, 0.15) is 0 Å². The molecule has 0 amide bonds. The molecule has 0 aliphatic heterocycles. The summed E-state index contributed by atoms with van der Waals surface area (Å²) in [6.07, 6.45) is 0. The van der Waals surface area contributed by atoms with Crippen LogP contribution in [0.25, 0.3) is 99.1 Å². The van der Waals surface area contributed by atoms with Crippen LogP contribution in [-0.4, -0.2) is 0 Å². The highest BCUT2D eigenvalue weighted by Crippen LogP contribution is 2.51. The Bertz CT molecular complexity index is 2200. The second-order valence-electron chi connectivity index (χ2n) is 11.3. The molecule has 0 atom stereocenters. The lowest BCUT2D eigenvalue weighted by atomic mass is 9.78. The molecular formula is C40H22. The van der Waals surface area contributed by atoms with Gasteiger partial charge in [-0.1, -0.05) is 121 Å². The average Bonchev–Trinajstić information content (AvgIpc) is 3.00. The summed E-state index contributed by atoms with van der Waals surface area (Å²) in [6, 6.07) is 49.9. The third kappa shape index (κ3) is 2.52. The van der Waals surface area contributed by atoms with E-state index in [0.29, 0.717) is 0 Å². The molecule has 8 aromatic rings. The highest BCUT2D eigenvalue weighted by atomic mass is 14.3. The maximum atomic E-state index is 2.38. The molecule has 182 valence electrons. The molecule has 0 unspecified atom stereocenters. The molecule has 2 aliphatic carbocycles. The highest BCUT2D eigenvalue weighted by Gasteiger charge is 2.24. The Morgan fingerprint density at radius 1 is 0.250 bits per heavy atom. The van der Waals surface area contributed by atoms with Gasteiger partial charge in [-0.2, -0.15) is 0 Å². The van der Waals surface area contributed by atoms with Crippen molar-refractivity contribution in [2.75, 3.05) is 0 Å². The lowest BCUT2D eigenvalue weighted by Crippen LogP contribution is -1.98. The molecule has 2 aliphatic rings. The first-order valence-electron chi connectivity index (χ1n) is 14.0. The molecule has 0 aromatic heterocycles. The minimum absolute atomic E-state index is 1.28. The molecule has 0 fully saturated rings. The van der Waals surface area contributed by atoms with E-state index < -0.39 is 0 Å². The first kappa shape index (κ1) is 20.7. The van der Waals surface area contributed by atoms with Crippen LogP contribution in [0.15, 0.2) is 133 Å². The van der Waals surface area contributed by atoms with Crippen molar-refractivity contribution in [2.24, 2.45) is 0 Å². The molecule has 0 saturated carbocycles. The summed E-state index contributed by atoms with van der Waals surface area (Å²) in [5.41, 5.74) is 16.1. The van der Waals surface area contributed by atoms with E-state index in [0.717, 1.165) is 0 Å². The fourth-order valence-corrected chi connectivity index (χ4v) is 7.42. The van der Waals surface area contributed by atoms with Crippen LogP contribution in [0.2, 0.25) is 0 Å². The summed E-state index contributed by atoms with van der Waals surface area (Å²) in [5.74, 6) is 0. The van der Waals surface area contributed by atoms with Crippen molar-refractivity contribution in [3.05, 3.63) is 133 Å². The van der Waals surface area contributed by atoms with Gasteiger partial charge in [0.1, 0.15) is 0 Å². The van der Waals surface area contributed by atoms with Gasteiger partial charge in [0.2, 0.25) is 0 Å². The molecule has 0 radical (unpaired) electrons. The van der Waals surface area contributed by atoms with Gasteiger partial charge in [-0.05, 0) is 111 Å². The maximum absolute atomic E-state index is 2.38. The Hall–Kier alpha value is -5.20. The number of hydrogen-bond acceptors (Lipinski definition) is 0. The zero-order valence-electron chi connectivity index (χ0n) is 21.7. The highest BCUT2D eigenvalue weighted by molar-refractivity contribution is 6.27. The second-order valence-corrected chi connectivity index (χ2v) is 11.3. The third-order valence-electron chi connectivity index (χ3n) is 9.34. The molecule has 10 rings (SSSR count). The molecule has 0 heteroatoms. The normalized spacial score (nSPS) is 12.5. The van der Waals surface area contributed by atoms with E-state index in [1.54, 1.807) is 0 Å². The topological polar surface area (TPSA) is 0 Å². The van der Waals surface area contributed by atoms with Gasteiger partial charge in [-0.3, -0.25) is 0 Å². The van der Waals surface area contributed by atoms with E-state index >= 15 is 0 Å². The predicted octanol–water partition coefficient (Wildman–Crippen LogP) is 11.2. The van der Waals surface area contributed by atoms with E-state index in [1.165, 1.54) is 99.1 Å². The number of rotatable bonds is 2. The van der Waals surface area contributed by atoms with Crippen molar-refractivity contribution >= 4 is 32.3 Å². The predicted molar refractivity (Wildman–Crippen MR) is 170 cm³/mol. The van der Waals surface area contributed by atoms with Gasteiger partial charge in [-0.25, -0.2) is 0 Å². The van der Waals surface area contributed by atoms with Crippen LogP contribution < -0.4 is 0 Å². The summed E-state index contributed by atoms with van der Waals surface area (Å²) in [5, 5.41) is 7.99. The maximum Gasteiger partial charge on any atom is -0.00203 e. The van der Waals surface area contributed by atoms with Crippen LogP contribution in [0.4, 0.5) is 0 Å². The molecule has 40 heavy (non-hydrogen) atoms. The summed E-state index contributed by atoms with van der Waals surface area (Å²) in [6.45, 7) is 0. The minimum atomic E-state index is 1.28. The lowest BCUT2D eigenvalue weighted by Gasteiger charge is -2.25. The van der Waals surface area contributed by atoms with Gasteiger partial charge in [0.15, 0.2) is 0 Å². The Balaban J connectivity index is 1.18. The summed E-state index contributed by atoms with van der Waals surface area (Å²) < 4.78 is 0. The van der Waals surface area contributed by atoms with Crippen LogP contribution in [0.3, 0.4) is 0 Å². The first-order valence-corrected chi connectivity index (χ1v) is 14.0. The molecule has 0 bridgehead atoms. The van der Waals surface area contributed by atoms with Gasteiger partial charge < -0.3 is 0 Å². The first-order chi connectivity index (χ1) is 19.8. The molecule has 0 nitrogen and oxygen atoms in total. The van der Waals surface area contributed by atoms with E-state index in [9.17, 15) is 0 Å². The number of benzene rings is 8. The molecule has 0 heterocycles. The van der Waals surface area contributed by atoms with Crippen molar-refractivity contribution in [3.8, 4) is 66.8 Å². The SMILES string of the molecule is c1ccc2c(c1)-c1ccc(-c3ccc4ccc5c(-c6ccc7c(c6)-c6ccccc6-7)ccc6ccc3c4c65)cc1-2. The fraction of sp³-hybridized carbons (Fsp3) is 0. The average molecular weight is 503 g/mol. The quantitative estimate of drug-likeness (QED) is 0.206. The van der Waals surface area contributed by atoms with E-state index in [4.69, 9.17) is 0 Å². The van der Waals surface area contributed by atoms with Gasteiger partial charge in [-0.15, -0.1) is 0 Å². The van der Waals surface area contributed by atoms with E-state index in [2.05, 4.69) is 133 Å². The summed E-state index contributed by atoms with van der Waals surface area (Å²) in [7, 11) is 0. The molecule has 0 spiro atoms. The largest absolute Gasteiger partial charge is 0.0616 e. The van der Waals surface area contributed by atoms with Crippen LogP contribution >= 0.6 is 0 Å². The van der Waals surface area contributed by atoms with Gasteiger partial charge in [0.05, 0.1) is 0 Å². The van der Waals surface area contributed by atoms with Crippen molar-refractivity contribution in [1.82, 2.24) is 0 Å². The van der Waals surface area contributed by atoms with Gasteiger partial charge >= 0.3 is 0 Å². The van der Waals surface area contributed by atoms with Crippen molar-refractivity contribution in [3.63, 3.8) is 0 Å². The lowest BCUT2D eigenvalue weighted by molar-refractivity contribution is 1.52. The van der Waals surface area contributed by atoms with Crippen LogP contribution in [-0.2, 0) is 0 Å². The summed E-state index contributed by atoms with van der Waals surface area (Å²) >= 11 is 0. The Morgan fingerprint density at radius 3 is 1.05 bits per heavy atom. The standard InChI is InChI=1S/C40H22/c1-3-7-31-29(5-1)33-17-13-25(21-37(31)33)27-15-9-23-12-20-36-28(16-10-24-11-19-35(27)39(23)40(24)36)26-14-18-34-30-6-2-4-8-32(30)38(34)22-26/h1-22H. The van der Waals surface area contributed by atoms with Crippen molar-refractivity contribution < 1.29 is 0 Å². The van der Waals surface area contributed by atoms with Crippen molar-refractivity contribution in [1.29, 1.82) is 0 Å². The number of hydrogen-bond donors (Lipinski definition) is 0. The molecule has 0 saturated heterocycles. The van der Waals surface area contributed by atoms with Crippen LogP contribution in [0, 0.1) is 0 Å². The monoisotopic (exact) mass is 502 g/mol. The Kier molecular flexibility index (Phi) is 3.76. The zero-order valence-corrected chi connectivity index (χ0v) is 21.7. The molecular weight excluding hydrogens is 480 g/mol. The van der Waals surface area contributed by atoms with E-state index in [1.807, 2.05) is 0 Å².